The van der Waals surface area contributed by atoms with E-state index in [2.05, 4.69) is 9.97 Å². The molecule has 0 unspecified atom stereocenters. The lowest BCUT2D eigenvalue weighted by Crippen LogP contribution is -2.33. The molecular formula is C18H18ClN3O4S. The number of hydrogen-bond donors (Lipinski definition) is 3. The van der Waals surface area contributed by atoms with Gasteiger partial charge in [-0.2, -0.15) is 0 Å². The number of thioether (sulfide) groups is 1. The minimum Gasteiger partial charge on any atom is -0.394 e. The smallest absolute Gasteiger partial charge is 0.164 e. The Hall–Kier alpha value is -1.68. The van der Waals surface area contributed by atoms with Gasteiger partial charge in [0.2, 0.25) is 0 Å². The number of aliphatic hydroxyl groups is 3. The molecule has 9 heteroatoms. The SMILES string of the molecule is OC[C@H]1O[C@@H](n2cnc3c(SCc4ccccc4)nc(Cl)cc32)[C@H](O)[C@@H]1O. The third kappa shape index (κ3) is 3.56. The molecule has 0 amide bonds. The van der Waals surface area contributed by atoms with Gasteiger partial charge >= 0.3 is 0 Å². The average molecular weight is 408 g/mol. The number of hydrogen-bond acceptors (Lipinski definition) is 7. The van der Waals surface area contributed by atoms with E-state index in [-0.39, 0.29) is 6.61 Å². The van der Waals surface area contributed by atoms with E-state index in [0.717, 1.165) is 5.56 Å². The lowest BCUT2D eigenvalue weighted by atomic mass is 10.1. The second-order valence-corrected chi connectivity index (χ2v) is 7.62. The molecule has 7 nitrogen and oxygen atoms in total. The summed E-state index contributed by atoms with van der Waals surface area (Å²) in [5.74, 6) is 0.712. The van der Waals surface area contributed by atoms with Gasteiger partial charge in [-0.3, -0.25) is 0 Å². The Morgan fingerprint density at radius 2 is 1.96 bits per heavy atom. The monoisotopic (exact) mass is 407 g/mol. The lowest BCUT2D eigenvalue weighted by molar-refractivity contribution is -0.0508. The van der Waals surface area contributed by atoms with Crippen molar-refractivity contribution in [2.24, 2.45) is 0 Å². The average Bonchev–Trinajstić information content (AvgIpc) is 3.22. The zero-order chi connectivity index (χ0) is 19.0. The lowest BCUT2D eigenvalue weighted by Gasteiger charge is -2.17. The highest BCUT2D eigenvalue weighted by Crippen LogP contribution is 2.35. The minimum absolute atomic E-state index is 0.298. The number of ether oxygens (including phenoxy) is 1. The summed E-state index contributed by atoms with van der Waals surface area (Å²) in [5, 5.41) is 30.6. The molecule has 1 saturated heterocycles. The molecule has 142 valence electrons. The maximum atomic E-state index is 10.3. The molecule has 0 saturated carbocycles. The number of imidazole rings is 1. The van der Waals surface area contributed by atoms with Gasteiger partial charge in [-0.05, 0) is 5.56 Å². The summed E-state index contributed by atoms with van der Waals surface area (Å²) in [6, 6.07) is 11.6. The van der Waals surface area contributed by atoms with Gasteiger partial charge in [0.1, 0.15) is 34.0 Å². The molecule has 27 heavy (non-hydrogen) atoms. The van der Waals surface area contributed by atoms with Gasteiger partial charge in [-0.1, -0.05) is 53.7 Å². The van der Waals surface area contributed by atoms with Gasteiger partial charge < -0.3 is 24.6 Å². The van der Waals surface area contributed by atoms with E-state index < -0.39 is 24.5 Å². The van der Waals surface area contributed by atoms with Crippen molar-refractivity contribution in [3.05, 3.63) is 53.4 Å². The summed E-state index contributed by atoms with van der Waals surface area (Å²) >= 11 is 7.72. The number of aliphatic hydroxyl groups excluding tert-OH is 3. The summed E-state index contributed by atoms with van der Waals surface area (Å²) < 4.78 is 7.21. The Balaban J connectivity index is 1.66. The van der Waals surface area contributed by atoms with Crippen LogP contribution >= 0.6 is 23.4 Å². The standard InChI is InChI=1S/C18H18ClN3O4S/c19-13-6-11-14(17(21-13)27-8-10-4-2-1-3-5-10)20-9-22(11)18-16(25)15(24)12(7-23)26-18/h1-6,9,12,15-16,18,23-25H,7-8H2/t12-,15-,16-,18-/m1/s1. The van der Waals surface area contributed by atoms with Crippen LogP contribution in [-0.4, -0.2) is 54.8 Å². The predicted molar refractivity (Wildman–Crippen MR) is 102 cm³/mol. The topological polar surface area (TPSA) is 101 Å². The highest BCUT2D eigenvalue weighted by atomic mass is 35.5. The number of benzene rings is 1. The summed E-state index contributed by atoms with van der Waals surface area (Å²) in [6.07, 6.45) is -2.57. The van der Waals surface area contributed by atoms with Crippen molar-refractivity contribution in [1.82, 2.24) is 14.5 Å². The second-order valence-electron chi connectivity index (χ2n) is 6.27. The quantitative estimate of drug-likeness (QED) is 0.439. The Morgan fingerprint density at radius 3 is 2.67 bits per heavy atom. The van der Waals surface area contributed by atoms with Crippen LogP contribution in [0.25, 0.3) is 11.0 Å². The molecule has 0 spiro atoms. The predicted octanol–water partition coefficient (Wildman–Crippen LogP) is 1.99. The molecule has 3 N–H and O–H groups in total. The molecule has 3 aromatic rings. The molecule has 1 aromatic carbocycles. The van der Waals surface area contributed by atoms with Crippen LogP contribution in [0.1, 0.15) is 11.8 Å². The molecular weight excluding hydrogens is 390 g/mol. The third-order valence-electron chi connectivity index (χ3n) is 4.51. The normalized spacial score (nSPS) is 25.3. The van der Waals surface area contributed by atoms with Crippen LogP contribution in [0.15, 0.2) is 47.8 Å². The fourth-order valence-corrected chi connectivity index (χ4v) is 4.30. The van der Waals surface area contributed by atoms with Crippen LogP contribution in [-0.2, 0) is 10.5 Å². The van der Waals surface area contributed by atoms with Crippen molar-refractivity contribution >= 4 is 34.4 Å². The van der Waals surface area contributed by atoms with E-state index in [1.54, 1.807) is 10.6 Å². The summed E-state index contributed by atoms with van der Waals surface area (Å²) in [4.78, 5) is 8.79. The third-order valence-corrected chi connectivity index (χ3v) is 5.74. The highest BCUT2D eigenvalue weighted by Gasteiger charge is 2.43. The fourth-order valence-electron chi connectivity index (χ4n) is 3.11. The van der Waals surface area contributed by atoms with Gasteiger partial charge in [0.05, 0.1) is 18.5 Å². The summed E-state index contributed by atoms with van der Waals surface area (Å²) in [5.41, 5.74) is 2.43. The van der Waals surface area contributed by atoms with Crippen LogP contribution in [0.4, 0.5) is 0 Å². The largest absolute Gasteiger partial charge is 0.394 e. The minimum atomic E-state index is -1.19. The Morgan fingerprint density at radius 1 is 1.19 bits per heavy atom. The van der Waals surface area contributed by atoms with Crippen LogP contribution < -0.4 is 0 Å². The number of rotatable bonds is 5. The van der Waals surface area contributed by atoms with Crippen molar-refractivity contribution in [2.45, 2.75) is 35.3 Å². The van der Waals surface area contributed by atoms with E-state index in [9.17, 15) is 15.3 Å². The van der Waals surface area contributed by atoms with Crippen LogP contribution in [0, 0.1) is 0 Å². The maximum absolute atomic E-state index is 10.3. The molecule has 3 heterocycles. The van der Waals surface area contributed by atoms with Crippen molar-refractivity contribution in [2.75, 3.05) is 6.61 Å². The van der Waals surface area contributed by atoms with Crippen LogP contribution in [0.5, 0.6) is 0 Å². The molecule has 0 aliphatic carbocycles. The molecule has 1 fully saturated rings. The van der Waals surface area contributed by atoms with Crippen molar-refractivity contribution in [3.63, 3.8) is 0 Å². The molecule has 4 atom stereocenters. The zero-order valence-electron chi connectivity index (χ0n) is 14.1. The van der Waals surface area contributed by atoms with Gasteiger partial charge in [0, 0.05) is 11.8 Å². The van der Waals surface area contributed by atoms with Crippen molar-refractivity contribution in [3.8, 4) is 0 Å². The first kappa shape index (κ1) is 18.7. The molecule has 4 rings (SSSR count). The zero-order valence-corrected chi connectivity index (χ0v) is 15.7. The number of aromatic nitrogens is 3. The van der Waals surface area contributed by atoms with E-state index in [4.69, 9.17) is 16.3 Å². The number of nitrogens with zero attached hydrogens (tertiary/aromatic N) is 3. The number of halogens is 1. The van der Waals surface area contributed by atoms with E-state index in [1.807, 2.05) is 30.3 Å². The second kappa shape index (κ2) is 7.75. The van der Waals surface area contributed by atoms with Crippen LogP contribution in [0.2, 0.25) is 5.15 Å². The number of pyridine rings is 1. The first-order valence-corrected chi connectivity index (χ1v) is 9.77. The molecule has 0 bridgehead atoms. The molecule has 2 aromatic heterocycles. The highest BCUT2D eigenvalue weighted by molar-refractivity contribution is 7.98. The van der Waals surface area contributed by atoms with Gasteiger partial charge in [-0.25, -0.2) is 9.97 Å². The summed E-state index contributed by atoms with van der Waals surface area (Å²) in [6.45, 7) is -0.387. The van der Waals surface area contributed by atoms with E-state index >= 15 is 0 Å². The van der Waals surface area contributed by atoms with E-state index in [1.165, 1.54) is 18.1 Å². The first-order chi connectivity index (χ1) is 13.1. The summed E-state index contributed by atoms with van der Waals surface area (Å²) in [7, 11) is 0. The Labute approximate surface area is 164 Å². The van der Waals surface area contributed by atoms with Crippen LogP contribution in [0.3, 0.4) is 0 Å². The fraction of sp³-hybridized carbons (Fsp3) is 0.333. The van der Waals surface area contributed by atoms with E-state index in [0.29, 0.717) is 27.0 Å². The van der Waals surface area contributed by atoms with Crippen molar-refractivity contribution < 1.29 is 20.1 Å². The molecule has 1 aliphatic heterocycles. The Bertz CT molecular complexity index is 939. The Kier molecular flexibility index (Phi) is 5.36. The molecule has 0 radical (unpaired) electrons. The first-order valence-electron chi connectivity index (χ1n) is 8.40. The van der Waals surface area contributed by atoms with Gasteiger partial charge in [0.25, 0.3) is 0 Å². The van der Waals surface area contributed by atoms with Gasteiger partial charge in [0.15, 0.2) is 6.23 Å². The van der Waals surface area contributed by atoms with Crippen molar-refractivity contribution in [1.29, 1.82) is 0 Å². The molecule has 1 aliphatic rings. The van der Waals surface area contributed by atoms with Gasteiger partial charge in [-0.15, -0.1) is 0 Å². The maximum Gasteiger partial charge on any atom is 0.164 e. The number of fused-ring (bicyclic) bond motifs is 1.